The molecule has 3 atom stereocenters. The monoisotopic (exact) mass is 279 g/mol. The maximum Gasteiger partial charge on any atom is 0.315 e. The Labute approximate surface area is 120 Å². The number of amides is 2. The Bertz CT molecular complexity index is 420. The minimum absolute atomic E-state index is 0.105. The number of hydrogen-bond acceptors (Lipinski definition) is 3. The molecule has 5 nitrogen and oxygen atoms in total. The van der Waals surface area contributed by atoms with Crippen molar-refractivity contribution in [1.29, 1.82) is 0 Å². The molecule has 0 aromatic carbocycles. The molecule has 5 heteroatoms. The molecule has 1 aromatic rings. The van der Waals surface area contributed by atoms with Crippen LogP contribution in [0.2, 0.25) is 0 Å². The van der Waals surface area contributed by atoms with Crippen molar-refractivity contribution in [2.75, 3.05) is 6.54 Å². The van der Waals surface area contributed by atoms with Gasteiger partial charge in [0.1, 0.15) is 0 Å². The Kier molecular flexibility index (Phi) is 5.95. The first-order valence-electron chi connectivity index (χ1n) is 7.03. The average Bonchev–Trinajstić information content (AvgIpc) is 2.45. The molecular weight excluding hydrogens is 254 g/mol. The fourth-order valence-electron chi connectivity index (χ4n) is 1.86. The van der Waals surface area contributed by atoms with Crippen LogP contribution in [0.25, 0.3) is 0 Å². The van der Waals surface area contributed by atoms with Gasteiger partial charge in [-0.1, -0.05) is 20.3 Å². The summed E-state index contributed by atoms with van der Waals surface area (Å²) < 4.78 is 0. The minimum atomic E-state index is -0.897. The van der Waals surface area contributed by atoms with Gasteiger partial charge in [0.05, 0.1) is 11.6 Å². The number of nitrogens with one attached hydrogen (secondary N) is 2. The van der Waals surface area contributed by atoms with E-state index >= 15 is 0 Å². The number of urea groups is 1. The van der Waals surface area contributed by atoms with Crippen molar-refractivity contribution in [2.24, 2.45) is 5.92 Å². The van der Waals surface area contributed by atoms with Crippen LogP contribution in [0.3, 0.4) is 0 Å². The van der Waals surface area contributed by atoms with Gasteiger partial charge in [-0.2, -0.15) is 0 Å². The quantitative estimate of drug-likeness (QED) is 0.747. The van der Waals surface area contributed by atoms with Gasteiger partial charge >= 0.3 is 6.03 Å². The largest absolute Gasteiger partial charge is 0.388 e. The second kappa shape index (κ2) is 7.24. The van der Waals surface area contributed by atoms with Crippen LogP contribution < -0.4 is 10.6 Å². The predicted molar refractivity (Wildman–Crippen MR) is 79.3 cm³/mol. The zero-order valence-electron chi connectivity index (χ0n) is 12.7. The normalized spacial score (nSPS) is 16.9. The summed E-state index contributed by atoms with van der Waals surface area (Å²) >= 11 is 0. The molecule has 112 valence electrons. The third kappa shape index (κ3) is 4.81. The SMILES string of the molecule is CCC(C)C(C)(O)CNC(=O)NC(C)c1ccncc1. The van der Waals surface area contributed by atoms with Crippen molar-refractivity contribution >= 4 is 6.03 Å². The fourth-order valence-corrected chi connectivity index (χ4v) is 1.86. The van der Waals surface area contributed by atoms with Crippen LogP contribution in [-0.2, 0) is 0 Å². The van der Waals surface area contributed by atoms with E-state index in [1.807, 2.05) is 32.9 Å². The number of hydrogen-bond donors (Lipinski definition) is 3. The molecule has 1 rings (SSSR count). The van der Waals surface area contributed by atoms with Crippen molar-refractivity contribution in [3.63, 3.8) is 0 Å². The van der Waals surface area contributed by atoms with E-state index in [9.17, 15) is 9.90 Å². The maximum absolute atomic E-state index is 11.8. The molecule has 1 aromatic heterocycles. The number of aromatic nitrogens is 1. The highest BCUT2D eigenvalue weighted by molar-refractivity contribution is 5.74. The predicted octanol–water partition coefficient (Wildman–Crippen LogP) is 2.24. The molecule has 0 aliphatic heterocycles. The van der Waals surface area contributed by atoms with Gasteiger partial charge in [0.2, 0.25) is 0 Å². The molecule has 3 unspecified atom stereocenters. The Hall–Kier alpha value is -1.62. The molecule has 0 bridgehead atoms. The molecular formula is C15H25N3O2. The van der Waals surface area contributed by atoms with Gasteiger partial charge in [-0.3, -0.25) is 4.98 Å². The average molecular weight is 279 g/mol. The van der Waals surface area contributed by atoms with Crippen LogP contribution in [0.15, 0.2) is 24.5 Å². The second-order valence-corrected chi connectivity index (χ2v) is 5.50. The number of carbonyl (C=O) groups excluding carboxylic acids is 1. The van der Waals surface area contributed by atoms with E-state index in [1.165, 1.54) is 0 Å². The number of rotatable bonds is 6. The van der Waals surface area contributed by atoms with Crippen molar-refractivity contribution in [3.8, 4) is 0 Å². The first-order chi connectivity index (χ1) is 9.36. The highest BCUT2D eigenvalue weighted by Crippen LogP contribution is 2.18. The van der Waals surface area contributed by atoms with Crippen molar-refractivity contribution in [3.05, 3.63) is 30.1 Å². The summed E-state index contributed by atoms with van der Waals surface area (Å²) in [5, 5.41) is 15.8. The van der Waals surface area contributed by atoms with Gasteiger partial charge < -0.3 is 15.7 Å². The summed E-state index contributed by atoms with van der Waals surface area (Å²) in [6, 6.07) is 3.34. The van der Waals surface area contributed by atoms with Crippen molar-refractivity contribution in [1.82, 2.24) is 15.6 Å². The molecule has 1 heterocycles. The van der Waals surface area contributed by atoms with E-state index in [4.69, 9.17) is 0 Å². The lowest BCUT2D eigenvalue weighted by atomic mass is 9.89. The molecule has 3 N–H and O–H groups in total. The van der Waals surface area contributed by atoms with Crippen LogP contribution in [0.5, 0.6) is 0 Å². The number of nitrogens with zero attached hydrogens (tertiary/aromatic N) is 1. The summed E-state index contributed by atoms with van der Waals surface area (Å²) in [7, 11) is 0. The smallest absolute Gasteiger partial charge is 0.315 e. The standard InChI is InChI=1S/C15H25N3O2/c1-5-11(2)15(4,20)10-17-14(19)18-12(3)13-6-8-16-9-7-13/h6-9,11-12,20H,5,10H2,1-4H3,(H2,17,18,19). The Morgan fingerprint density at radius 1 is 1.40 bits per heavy atom. The topological polar surface area (TPSA) is 74.2 Å². The molecule has 20 heavy (non-hydrogen) atoms. The highest BCUT2D eigenvalue weighted by Gasteiger charge is 2.27. The summed E-state index contributed by atoms with van der Waals surface area (Å²) in [6.45, 7) is 7.87. The van der Waals surface area contributed by atoms with Crippen LogP contribution in [0.4, 0.5) is 4.79 Å². The fraction of sp³-hybridized carbons (Fsp3) is 0.600. The van der Waals surface area contributed by atoms with E-state index in [1.54, 1.807) is 19.3 Å². The highest BCUT2D eigenvalue weighted by atomic mass is 16.3. The summed E-state index contributed by atoms with van der Waals surface area (Å²) in [6.07, 6.45) is 4.25. The Morgan fingerprint density at radius 2 is 2.00 bits per heavy atom. The van der Waals surface area contributed by atoms with Gasteiger partial charge in [-0.25, -0.2) is 4.79 Å². The van der Waals surface area contributed by atoms with Crippen LogP contribution in [-0.4, -0.2) is 28.3 Å². The van der Waals surface area contributed by atoms with Crippen LogP contribution in [0, 0.1) is 5.92 Å². The van der Waals surface area contributed by atoms with E-state index in [0.717, 1.165) is 12.0 Å². The van der Waals surface area contributed by atoms with Gasteiger partial charge in [0.25, 0.3) is 0 Å². The molecule has 0 aliphatic carbocycles. The molecule has 0 saturated carbocycles. The summed E-state index contributed by atoms with van der Waals surface area (Å²) in [5.74, 6) is 0.125. The molecule has 0 saturated heterocycles. The third-order valence-electron chi connectivity index (χ3n) is 3.83. The lowest BCUT2D eigenvalue weighted by Crippen LogP contribution is -2.48. The van der Waals surface area contributed by atoms with Gasteiger partial charge in [0, 0.05) is 18.9 Å². The van der Waals surface area contributed by atoms with Gasteiger partial charge in [0.15, 0.2) is 0 Å². The first kappa shape index (κ1) is 16.4. The molecule has 2 amide bonds. The zero-order valence-corrected chi connectivity index (χ0v) is 12.7. The molecule has 0 aliphatic rings. The maximum atomic E-state index is 11.8. The lowest BCUT2D eigenvalue weighted by molar-refractivity contribution is 0.00785. The van der Waals surface area contributed by atoms with Crippen molar-refractivity contribution < 1.29 is 9.90 Å². The number of carbonyl (C=O) groups is 1. The van der Waals surface area contributed by atoms with E-state index in [-0.39, 0.29) is 24.5 Å². The zero-order chi connectivity index (χ0) is 15.2. The minimum Gasteiger partial charge on any atom is -0.388 e. The third-order valence-corrected chi connectivity index (χ3v) is 3.83. The molecule has 0 fully saturated rings. The van der Waals surface area contributed by atoms with Crippen LogP contribution in [0.1, 0.15) is 45.7 Å². The summed E-state index contributed by atoms with van der Waals surface area (Å²) in [4.78, 5) is 15.8. The van der Waals surface area contributed by atoms with Crippen molar-refractivity contribution in [2.45, 2.75) is 45.8 Å². The van der Waals surface area contributed by atoms with E-state index < -0.39 is 5.60 Å². The lowest BCUT2D eigenvalue weighted by Gasteiger charge is -2.30. The molecule has 0 spiro atoms. The summed E-state index contributed by atoms with van der Waals surface area (Å²) in [5.41, 5.74) is 0.0928. The van der Waals surface area contributed by atoms with Gasteiger partial charge in [-0.05, 0) is 37.5 Å². The van der Waals surface area contributed by atoms with Gasteiger partial charge in [-0.15, -0.1) is 0 Å². The first-order valence-corrected chi connectivity index (χ1v) is 7.03. The number of pyridine rings is 1. The Balaban J connectivity index is 2.45. The van der Waals surface area contributed by atoms with E-state index in [0.29, 0.717) is 0 Å². The second-order valence-electron chi connectivity index (χ2n) is 5.50. The van der Waals surface area contributed by atoms with Crippen LogP contribution >= 0.6 is 0 Å². The van der Waals surface area contributed by atoms with E-state index in [2.05, 4.69) is 15.6 Å². The molecule has 0 radical (unpaired) electrons. The Morgan fingerprint density at radius 3 is 2.55 bits per heavy atom. The number of aliphatic hydroxyl groups is 1.